The molecule has 1 unspecified atom stereocenters. The van der Waals surface area contributed by atoms with Crippen LogP contribution in [0.15, 0.2) is 54.2 Å². The van der Waals surface area contributed by atoms with Gasteiger partial charge in [-0.3, -0.25) is 4.79 Å². The monoisotopic (exact) mass is 419 g/mol. The Morgan fingerprint density at radius 2 is 2.10 bits per heavy atom. The van der Waals surface area contributed by atoms with E-state index < -0.39 is 26.6 Å². The standard InChI is InChI=1S/C19H22FN5O3S/c1-2-8-23-29(27,28)17-12-14(6-7-16(17)20)18(26)24-15-5-3-11-25(13-15)19-21-9-4-10-22-19/h2,4,6-7,9-10,12,15,23H,1,3,5,8,11,13H2,(H,24,26). The first-order valence-electron chi connectivity index (χ1n) is 9.13. The van der Waals surface area contributed by atoms with Crippen LogP contribution in [-0.2, 0) is 10.0 Å². The van der Waals surface area contributed by atoms with Gasteiger partial charge in [-0.05, 0) is 37.1 Å². The van der Waals surface area contributed by atoms with E-state index in [1.807, 2.05) is 4.90 Å². The highest BCUT2D eigenvalue weighted by Crippen LogP contribution is 2.18. The second-order valence-corrected chi connectivity index (χ2v) is 8.33. The first kappa shape index (κ1) is 20.9. The smallest absolute Gasteiger partial charge is 0.251 e. The van der Waals surface area contributed by atoms with Gasteiger partial charge in [0.15, 0.2) is 0 Å². The molecule has 154 valence electrons. The Morgan fingerprint density at radius 3 is 2.83 bits per heavy atom. The Kier molecular flexibility index (Phi) is 6.55. The van der Waals surface area contributed by atoms with Crippen molar-refractivity contribution in [2.75, 3.05) is 24.5 Å². The number of sulfonamides is 1. The van der Waals surface area contributed by atoms with Crippen LogP contribution >= 0.6 is 0 Å². The summed E-state index contributed by atoms with van der Waals surface area (Å²) in [6, 6.07) is 4.85. The van der Waals surface area contributed by atoms with Crippen LogP contribution < -0.4 is 14.9 Å². The number of carbonyl (C=O) groups excluding carboxylic acids is 1. The van der Waals surface area contributed by atoms with Crippen LogP contribution in [0, 0.1) is 5.82 Å². The highest BCUT2D eigenvalue weighted by Gasteiger charge is 2.25. The molecule has 1 atom stereocenters. The van der Waals surface area contributed by atoms with Crippen LogP contribution in [0.5, 0.6) is 0 Å². The molecule has 1 aromatic carbocycles. The van der Waals surface area contributed by atoms with Crippen molar-refractivity contribution in [2.45, 2.75) is 23.8 Å². The van der Waals surface area contributed by atoms with Crippen molar-refractivity contribution in [3.05, 3.63) is 60.7 Å². The van der Waals surface area contributed by atoms with Gasteiger partial charge in [0.2, 0.25) is 16.0 Å². The van der Waals surface area contributed by atoms with Gasteiger partial charge >= 0.3 is 0 Å². The highest BCUT2D eigenvalue weighted by atomic mass is 32.2. The molecular formula is C19H22FN5O3S. The van der Waals surface area contributed by atoms with Crippen molar-refractivity contribution >= 4 is 21.9 Å². The van der Waals surface area contributed by atoms with Crippen molar-refractivity contribution in [3.63, 3.8) is 0 Å². The van der Waals surface area contributed by atoms with E-state index in [9.17, 15) is 17.6 Å². The molecule has 0 radical (unpaired) electrons. The van der Waals surface area contributed by atoms with Gasteiger partial charge in [-0.1, -0.05) is 6.08 Å². The Bertz CT molecular complexity index is 985. The van der Waals surface area contributed by atoms with E-state index in [1.54, 1.807) is 18.5 Å². The predicted molar refractivity (Wildman–Crippen MR) is 107 cm³/mol. The molecule has 2 heterocycles. The topological polar surface area (TPSA) is 104 Å². The summed E-state index contributed by atoms with van der Waals surface area (Å²) in [6.45, 7) is 4.69. The summed E-state index contributed by atoms with van der Waals surface area (Å²) in [5.41, 5.74) is 0.0680. The lowest BCUT2D eigenvalue weighted by atomic mass is 10.1. The summed E-state index contributed by atoms with van der Waals surface area (Å²) in [5.74, 6) is -0.802. The fraction of sp³-hybridized carbons (Fsp3) is 0.316. The van der Waals surface area contributed by atoms with Crippen molar-refractivity contribution in [2.24, 2.45) is 0 Å². The number of carbonyl (C=O) groups is 1. The number of amides is 1. The average Bonchev–Trinajstić information content (AvgIpc) is 2.73. The number of anilines is 1. The number of nitrogens with zero attached hydrogens (tertiary/aromatic N) is 3. The van der Waals surface area contributed by atoms with E-state index >= 15 is 0 Å². The molecule has 2 N–H and O–H groups in total. The van der Waals surface area contributed by atoms with E-state index in [0.717, 1.165) is 31.5 Å². The van der Waals surface area contributed by atoms with Crippen molar-refractivity contribution in [3.8, 4) is 0 Å². The normalized spacial score (nSPS) is 17.0. The zero-order chi connectivity index (χ0) is 20.9. The number of rotatable bonds is 7. The SMILES string of the molecule is C=CCNS(=O)(=O)c1cc(C(=O)NC2CCCN(c3ncccn3)C2)ccc1F. The number of halogens is 1. The van der Waals surface area contributed by atoms with Crippen molar-refractivity contribution in [1.29, 1.82) is 0 Å². The third-order valence-electron chi connectivity index (χ3n) is 4.49. The zero-order valence-electron chi connectivity index (χ0n) is 15.7. The molecule has 1 saturated heterocycles. The second kappa shape index (κ2) is 9.10. The Morgan fingerprint density at radius 1 is 1.34 bits per heavy atom. The molecule has 3 rings (SSSR count). The summed E-state index contributed by atoms with van der Waals surface area (Å²) < 4.78 is 40.7. The average molecular weight is 419 g/mol. The molecular weight excluding hydrogens is 397 g/mol. The lowest BCUT2D eigenvalue weighted by Crippen LogP contribution is -2.48. The van der Waals surface area contributed by atoms with E-state index in [1.165, 1.54) is 12.1 Å². The molecule has 29 heavy (non-hydrogen) atoms. The van der Waals surface area contributed by atoms with Crippen molar-refractivity contribution < 1.29 is 17.6 Å². The van der Waals surface area contributed by atoms with Crippen molar-refractivity contribution in [1.82, 2.24) is 20.0 Å². The zero-order valence-corrected chi connectivity index (χ0v) is 16.5. The molecule has 0 saturated carbocycles. The van der Waals surface area contributed by atoms with Crippen LogP contribution in [0.2, 0.25) is 0 Å². The number of piperidine rings is 1. The maximum Gasteiger partial charge on any atom is 0.251 e. The third kappa shape index (κ3) is 5.15. The van der Waals surface area contributed by atoms with E-state index in [-0.39, 0.29) is 18.2 Å². The molecule has 0 bridgehead atoms. The summed E-state index contributed by atoms with van der Waals surface area (Å²) in [4.78, 5) is 22.5. The number of hydrogen-bond acceptors (Lipinski definition) is 6. The van der Waals surface area contributed by atoms with Gasteiger partial charge in [0.25, 0.3) is 5.91 Å². The maximum atomic E-state index is 14.1. The quantitative estimate of drug-likeness (QED) is 0.659. The molecule has 8 nitrogen and oxygen atoms in total. The minimum atomic E-state index is -4.09. The van der Waals surface area contributed by atoms with Gasteiger partial charge in [-0.2, -0.15) is 0 Å². The number of hydrogen-bond donors (Lipinski definition) is 2. The summed E-state index contributed by atoms with van der Waals surface area (Å²) >= 11 is 0. The lowest BCUT2D eigenvalue weighted by molar-refractivity contribution is 0.0932. The molecule has 1 fully saturated rings. The van der Waals surface area contributed by atoms with E-state index in [0.29, 0.717) is 12.5 Å². The van der Waals surface area contributed by atoms with Gasteiger partial charge in [0.05, 0.1) is 0 Å². The Balaban J connectivity index is 1.72. The molecule has 0 aliphatic carbocycles. The summed E-state index contributed by atoms with van der Waals surface area (Å²) in [6.07, 6.45) is 6.27. The summed E-state index contributed by atoms with van der Waals surface area (Å²) in [7, 11) is -4.09. The van der Waals surface area contributed by atoms with E-state index in [2.05, 4.69) is 26.6 Å². The number of aromatic nitrogens is 2. The molecule has 1 aromatic heterocycles. The summed E-state index contributed by atoms with van der Waals surface area (Å²) in [5, 5.41) is 2.89. The lowest BCUT2D eigenvalue weighted by Gasteiger charge is -2.33. The predicted octanol–water partition coefficient (Wildman–Crippen LogP) is 1.48. The molecule has 0 spiro atoms. The Labute approximate surface area is 168 Å². The fourth-order valence-corrected chi connectivity index (χ4v) is 4.20. The van der Waals surface area contributed by atoms with Crippen LogP contribution in [-0.4, -0.2) is 50.0 Å². The number of nitrogens with one attached hydrogen (secondary N) is 2. The largest absolute Gasteiger partial charge is 0.348 e. The molecule has 1 aliphatic heterocycles. The maximum absolute atomic E-state index is 14.1. The first-order valence-corrected chi connectivity index (χ1v) is 10.6. The minimum absolute atomic E-state index is 0.0440. The second-order valence-electron chi connectivity index (χ2n) is 6.59. The first-order chi connectivity index (χ1) is 13.9. The van der Waals surface area contributed by atoms with Crippen LogP contribution in [0.4, 0.5) is 10.3 Å². The molecule has 1 aliphatic rings. The van der Waals surface area contributed by atoms with Crippen LogP contribution in [0.25, 0.3) is 0 Å². The van der Waals surface area contributed by atoms with Crippen LogP contribution in [0.1, 0.15) is 23.2 Å². The van der Waals surface area contributed by atoms with E-state index in [4.69, 9.17) is 0 Å². The third-order valence-corrected chi connectivity index (χ3v) is 5.93. The molecule has 10 heteroatoms. The number of benzene rings is 1. The van der Waals surface area contributed by atoms with Crippen LogP contribution in [0.3, 0.4) is 0 Å². The molecule has 2 aromatic rings. The highest BCUT2D eigenvalue weighted by molar-refractivity contribution is 7.89. The minimum Gasteiger partial charge on any atom is -0.348 e. The fourth-order valence-electron chi connectivity index (χ4n) is 3.10. The molecule has 1 amide bonds. The van der Waals surface area contributed by atoms with Gasteiger partial charge in [0, 0.05) is 43.6 Å². The van der Waals surface area contributed by atoms with Gasteiger partial charge < -0.3 is 10.2 Å². The van der Waals surface area contributed by atoms with Gasteiger partial charge in [-0.25, -0.2) is 27.5 Å². The Hall–Kier alpha value is -2.85. The van der Waals surface area contributed by atoms with Gasteiger partial charge in [-0.15, -0.1) is 6.58 Å². The van der Waals surface area contributed by atoms with Gasteiger partial charge in [0.1, 0.15) is 10.7 Å².